The normalized spacial score (nSPS) is 10.1. The minimum atomic E-state index is 0. The molecule has 142 valence electrons. The van der Waals surface area contributed by atoms with Gasteiger partial charge in [0.2, 0.25) is 0 Å². The first-order chi connectivity index (χ1) is 12.7. The Kier molecular flexibility index (Phi) is 8.40. The Morgan fingerprint density at radius 1 is 0.926 bits per heavy atom. The molecule has 0 atom stereocenters. The Bertz CT molecular complexity index is 827. The van der Waals surface area contributed by atoms with E-state index < -0.39 is 0 Å². The van der Waals surface area contributed by atoms with E-state index in [1.54, 1.807) is 13.3 Å². The van der Waals surface area contributed by atoms with Crippen LogP contribution >= 0.6 is 24.0 Å². The molecule has 0 saturated carbocycles. The lowest BCUT2D eigenvalue weighted by atomic mass is 10.2. The van der Waals surface area contributed by atoms with Crippen LogP contribution in [0.1, 0.15) is 16.7 Å². The van der Waals surface area contributed by atoms with E-state index in [0.717, 1.165) is 46.3 Å². The largest absolute Gasteiger partial charge is 0.493 e. The van der Waals surface area contributed by atoms with E-state index in [4.69, 9.17) is 21.1 Å². The smallest absolute Gasteiger partial charge is 0.161 e. The van der Waals surface area contributed by atoms with Crippen molar-refractivity contribution in [2.24, 2.45) is 0 Å². The van der Waals surface area contributed by atoms with E-state index >= 15 is 0 Å². The molecule has 0 saturated heterocycles. The van der Waals surface area contributed by atoms with Gasteiger partial charge in [0.1, 0.15) is 6.61 Å². The van der Waals surface area contributed by atoms with Crippen molar-refractivity contribution < 1.29 is 9.47 Å². The Morgan fingerprint density at radius 3 is 2.37 bits per heavy atom. The maximum Gasteiger partial charge on any atom is 0.161 e. The third-order valence-corrected chi connectivity index (χ3v) is 4.17. The second-order valence-corrected chi connectivity index (χ2v) is 6.30. The SMILES string of the molecule is COc1cc(CNCc2cccnc2)ccc1OCc1ccc(Cl)cc1.Cl. The number of pyridine rings is 1. The Hall–Kier alpha value is -2.27. The van der Waals surface area contributed by atoms with Crippen molar-refractivity contribution in [1.82, 2.24) is 10.3 Å². The van der Waals surface area contributed by atoms with E-state index in [1.165, 1.54) is 0 Å². The van der Waals surface area contributed by atoms with Crippen molar-refractivity contribution in [2.45, 2.75) is 19.7 Å². The molecule has 0 unspecified atom stereocenters. The van der Waals surface area contributed by atoms with Crippen molar-refractivity contribution in [2.75, 3.05) is 7.11 Å². The van der Waals surface area contributed by atoms with Gasteiger partial charge in [-0.3, -0.25) is 4.98 Å². The van der Waals surface area contributed by atoms with Gasteiger partial charge in [0.25, 0.3) is 0 Å². The molecule has 3 rings (SSSR count). The number of benzene rings is 2. The van der Waals surface area contributed by atoms with E-state index in [1.807, 2.05) is 60.8 Å². The molecule has 0 fully saturated rings. The van der Waals surface area contributed by atoms with Crippen molar-refractivity contribution in [3.05, 3.63) is 88.7 Å². The molecule has 0 aliphatic heterocycles. The van der Waals surface area contributed by atoms with Crippen LogP contribution in [0.25, 0.3) is 0 Å². The predicted octanol–water partition coefficient (Wildman–Crippen LogP) is 5.03. The van der Waals surface area contributed by atoms with Gasteiger partial charge in [-0.1, -0.05) is 35.9 Å². The van der Waals surface area contributed by atoms with Gasteiger partial charge in [-0.05, 0) is 47.0 Å². The molecule has 0 bridgehead atoms. The van der Waals surface area contributed by atoms with Crippen LogP contribution < -0.4 is 14.8 Å². The number of rotatable bonds is 8. The number of methoxy groups -OCH3 is 1. The Balaban J connectivity index is 0.00000261. The summed E-state index contributed by atoms with van der Waals surface area (Å²) in [5.74, 6) is 1.44. The van der Waals surface area contributed by atoms with Crippen molar-refractivity contribution >= 4 is 24.0 Å². The first-order valence-electron chi connectivity index (χ1n) is 8.38. The van der Waals surface area contributed by atoms with Gasteiger partial charge in [-0.2, -0.15) is 0 Å². The summed E-state index contributed by atoms with van der Waals surface area (Å²) in [6, 6.07) is 17.6. The highest BCUT2D eigenvalue weighted by molar-refractivity contribution is 6.30. The second kappa shape index (κ2) is 10.8. The van der Waals surface area contributed by atoms with Crippen LogP contribution in [-0.4, -0.2) is 12.1 Å². The van der Waals surface area contributed by atoms with E-state index in [0.29, 0.717) is 6.61 Å². The number of aromatic nitrogens is 1. The summed E-state index contributed by atoms with van der Waals surface area (Å²) in [4.78, 5) is 4.12. The van der Waals surface area contributed by atoms with Gasteiger partial charge in [-0.25, -0.2) is 0 Å². The van der Waals surface area contributed by atoms with Crippen molar-refractivity contribution in [3.63, 3.8) is 0 Å². The molecular weight excluding hydrogens is 383 g/mol. The Morgan fingerprint density at radius 2 is 1.67 bits per heavy atom. The molecule has 4 nitrogen and oxygen atoms in total. The molecule has 0 amide bonds. The third kappa shape index (κ3) is 6.43. The number of nitrogens with zero attached hydrogens (tertiary/aromatic N) is 1. The summed E-state index contributed by atoms with van der Waals surface area (Å²) >= 11 is 5.90. The topological polar surface area (TPSA) is 43.4 Å². The number of nitrogens with one attached hydrogen (secondary N) is 1. The fourth-order valence-corrected chi connectivity index (χ4v) is 2.66. The van der Waals surface area contributed by atoms with Crippen molar-refractivity contribution in [3.8, 4) is 11.5 Å². The summed E-state index contributed by atoms with van der Waals surface area (Å²) in [6.07, 6.45) is 3.64. The lowest BCUT2D eigenvalue weighted by Gasteiger charge is -2.13. The highest BCUT2D eigenvalue weighted by Gasteiger charge is 2.06. The highest BCUT2D eigenvalue weighted by atomic mass is 35.5. The number of ether oxygens (including phenoxy) is 2. The molecule has 1 N–H and O–H groups in total. The third-order valence-electron chi connectivity index (χ3n) is 3.92. The molecule has 0 radical (unpaired) electrons. The molecule has 27 heavy (non-hydrogen) atoms. The molecular formula is C21H22Cl2N2O2. The van der Waals surface area contributed by atoms with Crippen LogP contribution in [0.2, 0.25) is 5.02 Å². The maximum absolute atomic E-state index is 5.90. The maximum atomic E-state index is 5.90. The van der Waals surface area contributed by atoms with Crippen molar-refractivity contribution in [1.29, 1.82) is 0 Å². The molecule has 1 heterocycles. The molecule has 0 aliphatic carbocycles. The standard InChI is InChI=1S/C21H21ClN2O2.ClH/c1-25-21-11-17(12-24-14-18-3-2-10-23-13-18)6-9-20(21)26-15-16-4-7-19(22)8-5-16;/h2-11,13,24H,12,14-15H2,1H3;1H. The summed E-state index contributed by atoms with van der Waals surface area (Å²) in [5.41, 5.74) is 3.34. The van der Waals surface area contributed by atoms with Crippen LogP contribution in [-0.2, 0) is 19.7 Å². The Labute approximate surface area is 170 Å². The first-order valence-corrected chi connectivity index (χ1v) is 8.76. The van der Waals surface area contributed by atoms with Crippen LogP contribution in [0.4, 0.5) is 0 Å². The first kappa shape index (κ1) is 21.0. The molecule has 1 aromatic heterocycles. The van der Waals surface area contributed by atoms with Gasteiger partial charge < -0.3 is 14.8 Å². The summed E-state index contributed by atoms with van der Waals surface area (Å²) in [5, 5.41) is 4.12. The average Bonchev–Trinajstić information content (AvgIpc) is 2.69. The quantitative estimate of drug-likeness (QED) is 0.571. The van der Waals surface area contributed by atoms with Crippen LogP contribution in [0.15, 0.2) is 67.0 Å². The number of hydrogen-bond acceptors (Lipinski definition) is 4. The van der Waals surface area contributed by atoms with Crippen LogP contribution in [0, 0.1) is 0 Å². The number of hydrogen-bond donors (Lipinski definition) is 1. The lowest BCUT2D eigenvalue weighted by Crippen LogP contribution is -2.12. The highest BCUT2D eigenvalue weighted by Crippen LogP contribution is 2.29. The minimum Gasteiger partial charge on any atom is -0.493 e. The second-order valence-electron chi connectivity index (χ2n) is 5.87. The predicted molar refractivity (Wildman–Crippen MR) is 111 cm³/mol. The minimum absolute atomic E-state index is 0. The monoisotopic (exact) mass is 404 g/mol. The zero-order chi connectivity index (χ0) is 18.2. The summed E-state index contributed by atoms with van der Waals surface area (Å²) in [7, 11) is 1.65. The molecule has 3 aromatic rings. The summed E-state index contributed by atoms with van der Waals surface area (Å²) < 4.78 is 11.4. The van der Waals surface area contributed by atoms with E-state index in [2.05, 4.69) is 10.3 Å². The zero-order valence-electron chi connectivity index (χ0n) is 15.0. The van der Waals surface area contributed by atoms with Gasteiger partial charge in [0, 0.05) is 30.5 Å². The number of halogens is 2. The zero-order valence-corrected chi connectivity index (χ0v) is 16.6. The van der Waals surface area contributed by atoms with Gasteiger partial charge in [0.05, 0.1) is 7.11 Å². The van der Waals surface area contributed by atoms with E-state index in [-0.39, 0.29) is 12.4 Å². The molecule has 2 aromatic carbocycles. The molecule has 0 spiro atoms. The molecule has 6 heteroatoms. The van der Waals surface area contributed by atoms with Crippen LogP contribution in [0.3, 0.4) is 0 Å². The fraction of sp³-hybridized carbons (Fsp3) is 0.190. The molecule has 0 aliphatic rings. The lowest BCUT2D eigenvalue weighted by molar-refractivity contribution is 0.284. The van der Waals surface area contributed by atoms with Gasteiger partial charge in [-0.15, -0.1) is 12.4 Å². The summed E-state index contributed by atoms with van der Waals surface area (Å²) in [6.45, 7) is 1.97. The fourth-order valence-electron chi connectivity index (χ4n) is 2.54. The van der Waals surface area contributed by atoms with Gasteiger partial charge >= 0.3 is 0 Å². The van der Waals surface area contributed by atoms with E-state index in [9.17, 15) is 0 Å². The van der Waals surface area contributed by atoms with Gasteiger partial charge in [0.15, 0.2) is 11.5 Å². The van der Waals surface area contributed by atoms with Crippen LogP contribution in [0.5, 0.6) is 11.5 Å². The average molecular weight is 405 g/mol.